The van der Waals surface area contributed by atoms with Crippen molar-refractivity contribution < 1.29 is 30.4 Å². The Morgan fingerprint density at radius 3 is 2.53 bits per heavy atom. The first-order chi connectivity index (χ1) is 15.0. The van der Waals surface area contributed by atoms with E-state index in [1.54, 1.807) is 0 Å². The van der Waals surface area contributed by atoms with Crippen LogP contribution in [0.4, 0.5) is 22.0 Å². The first-order valence-corrected chi connectivity index (χ1v) is 10.8. The molecule has 32 heavy (non-hydrogen) atoms. The average molecular weight is 471 g/mol. The largest absolute Gasteiger partial charge is 0.417 e. The summed E-state index contributed by atoms with van der Waals surface area (Å²) in [5.41, 5.74) is -2.60. The number of nitrogens with zero attached hydrogens (tertiary/aromatic N) is 4. The number of H-pyrrole nitrogens is 1. The van der Waals surface area contributed by atoms with Crippen molar-refractivity contribution >= 4 is 20.9 Å². The van der Waals surface area contributed by atoms with Crippen molar-refractivity contribution in [1.29, 1.82) is 5.26 Å². The number of aromatic amines is 1. The number of nitrogens with one attached hydrogen (secondary N) is 1. The van der Waals surface area contributed by atoms with Crippen molar-refractivity contribution in [2.45, 2.75) is 36.5 Å². The summed E-state index contributed by atoms with van der Waals surface area (Å²) >= 11 is 0. The van der Waals surface area contributed by atoms with Gasteiger partial charge in [0.25, 0.3) is 10.0 Å². The molecular formula is C19H14F5N5O2S. The first-order valence-electron chi connectivity index (χ1n) is 9.33. The van der Waals surface area contributed by atoms with E-state index in [4.69, 9.17) is 5.26 Å². The number of alkyl halides is 3. The summed E-state index contributed by atoms with van der Waals surface area (Å²) in [6.45, 7) is 0.119. The minimum Gasteiger partial charge on any atom is -0.342 e. The molecule has 2 aromatic heterocycles. The second kappa shape index (κ2) is 7.79. The van der Waals surface area contributed by atoms with E-state index in [1.165, 1.54) is 0 Å². The number of rotatable bonds is 4. The van der Waals surface area contributed by atoms with Crippen molar-refractivity contribution in [3.05, 3.63) is 41.7 Å². The summed E-state index contributed by atoms with van der Waals surface area (Å²) < 4.78 is 96.2. The Balaban J connectivity index is 1.96. The molecule has 1 saturated heterocycles. The van der Waals surface area contributed by atoms with Gasteiger partial charge in [-0.05, 0) is 25.0 Å². The minimum absolute atomic E-state index is 0.0549. The molecule has 1 aromatic carbocycles. The molecule has 168 valence electrons. The lowest BCUT2D eigenvalue weighted by Crippen LogP contribution is -2.35. The van der Waals surface area contributed by atoms with E-state index in [0.29, 0.717) is 25.2 Å². The summed E-state index contributed by atoms with van der Waals surface area (Å²) in [6, 6.07) is 2.41. The van der Waals surface area contributed by atoms with Gasteiger partial charge in [-0.2, -0.15) is 22.7 Å². The zero-order chi connectivity index (χ0) is 23.3. The molecule has 0 bridgehead atoms. The van der Waals surface area contributed by atoms with Crippen LogP contribution in [0.5, 0.6) is 0 Å². The Morgan fingerprint density at radius 2 is 1.91 bits per heavy atom. The highest BCUT2D eigenvalue weighted by atomic mass is 32.2. The number of halogens is 5. The number of aromatic nitrogens is 3. The van der Waals surface area contributed by atoms with Crippen LogP contribution in [0.1, 0.15) is 24.8 Å². The normalized spacial score (nSPS) is 17.7. The van der Waals surface area contributed by atoms with Crippen LogP contribution in [0.25, 0.3) is 22.3 Å². The molecular weight excluding hydrogens is 457 g/mol. The number of benzene rings is 1. The van der Waals surface area contributed by atoms with E-state index in [2.05, 4.69) is 15.0 Å². The molecule has 1 aliphatic rings. The van der Waals surface area contributed by atoms with Gasteiger partial charge in [0.1, 0.15) is 10.8 Å². The molecule has 7 nitrogen and oxygen atoms in total. The van der Waals surface area contributed by atoms with E-state index < -0.39 is 66.8 Å². The molecule has 0 aliphatic carbocycles. The fourth-order valence-electron chi connectivity index (χ4n) is 3.84. The first kappa shape index (κ1) is 22.1. The van der Waals surface area contributed by atoms with Gasteiger partial charge < -0.3 is 4.98 Å². The quantitative estimate of drug-likeness (QED) is 0.580. The van der Waals surface area contributed by atoms with Gasteiger partial charge in [0.05, 0.1) is 36.0 Å². The lowest BCUT2D eigenvalue weighted by molar-refractivity contribution is -0.137. The van der Waals surface area contributed by atoms with Crippen molar-refractivity contribution in [1.82, 2.24) is 19.3 Å². The van der Waals surface area contributed by atoms with Crippen LogP contribution in [-0.4, -0.2) is 40.3 Å². The fraction of sp³-hybridized carbons (Fsp3) is 0.316. The summed E-state index contributed by atoms with van der Waals surface area (Å²) in [5, 5.41) is 8.00. The molecule has 0 spiro atoms. The van der Waals surface area contributed by atoms with Crippen LogP contribution in [-0.2, 0) is 16.2 Å². The Bertz CT molecular complexity index is 1330. The van der Waals surface area contributed by atoms with Gasteiger partial charge in [0.2, 0.25) is 0 Å². The molecule has 1 aliphatic heterocycles. The van der Waals surface area contributed by atoms with Crippen molar-refractivity contribution in [3.63, 3.8) is 0 Å². The standard InChI is InChI=1S/C19H14F5N5O2S/c20-10-8-26-18(27-9-10)16-12-6-15(28-17(12)14(21)7-13(16)19(22,23)24)32(30,31)29-5-1-2-11(29)3-4-25/h6-9,11,28H,1-3,5H2. The maximum Gasteiger partial charge on any atom is 0.417 e. The summed E-state index contributed by atoms with van der Waals surface area (Å²) in [6.07, 6.45) is -2.81. The van der Waals surface area contributed by atoms with Gasteiger partial charge in [-0.15, -0.1) is 0 Å². The number of hydrogen-bond acceptors (Lipinski definition) is 5. The van der Waals surface area contributed by atoms with E-state index in [9.17, 15) is 30.4 Å². The number of fused-ring (bicyclic) bond motifs is 1. The van der Waals surface area contributed by atoms with Crippen LogP contribution in [0, 0.1) is 23.0 Å². The molecule has 0 amide bonds. The van der Waals surface area contributed by atoms with Crippen LogP contribution >= 0.6 is 0 Å². The third-order valence-electron chi connectivity index (χ3n) is 5.23. The zero-order valence-electron chi connectivity index (χ0n) is 16.1. The predicted octanol–water partition coefficient (Wildman–Crippen LogP) is 3.99. The molecule has 0 radical (unpaired) electrons. The molecule has 13 heteroatoms. The topological polar surface area (TPSA) is 103 Å². The minimum atomic E-state index is -5.02. The van der Waals surface area contributed by atoms with Crippen molar-refractivity contribution in [3.8, 4) is 17.5 Å². The van der Waals surface area contributed by atoms with E-state index >= 15 is 0 Å². The number of hydrogen-bond donors (Lipinski definition) is 1. The van der Waals surface area contributed by atoms with E-state index in [-0.39, 0.29) is 19.0 Å². The maximum absolute atomic E-state index is 14.6. The lowest BCUT2D eigenvalue weighted by atomic mass is 10.0. The van der Waals surface area contributed by atoms with Gasteiger partial charge in [-0.3, -0.25) is 0 Å². The van der Waals surface area contributed by atoms with Crippen molar-refractivity contribution in [2.75, 3.05) is 6.54 Å². The van der Waals surface area contributed by atoms with E-state index in [1.807, 2.05) is 6.07 Å². The second-order valence-electron chi connectivity index (χ2n) is 7.20. The van der Waals surface area contributed by atoms with Gasteiger partial charge in [-0.1, -0.05) is 0 Å². The van der Waals surface area contributed by atoms with Gasteiger partial charge in [-0.25, -0.2) is 27.2 Å². The fourth-order valence-corrected chi connectivity index (χ4v) is 5.53. The highest BCUT2D eigenvalue weighted by Gasteiger charge is 2.39. The predicted molar refractivity (Wildman–Crippen MR) is 101 cm³/mol. The smallest absolute Gasteiger partial charge is 0.342 e. The highest BCUT2D eigenvalue weighted by Crippen LogP contribution is 2.42. The molecule has 0 saturated carbocycles. The van der Waals surface area contributed by atoms with Crippen LogP contribution in [0.15, 0.2) is 29.6 Å². The third kappa shape index (κ3) is 3.69. The third-order valence-corrected chi connectivity index (χ3v) is 7.10. The van der Waals surface area contributed by atoms with Crippen LogP contribution in [0.3, 0.4) is 0 Å². The Hall–Kier alpha value is -3.11. The lowest BCUT2D eigenvalue weighted by Gasteiger charge is -2.21. The number of nitriles is 1. The van der Waals surface area contributed by atoms with Gasteiger partial charge >= 0.3 is 6.18 Å². The van der Waals surface area contributed by atoms with Gasteiger partial charge in [0, 0.05) is 23.5 Å². The maximum atomic E-state index is 14.6. The van der Waals surface area contributed by atoms with E-state index in [0.717, 1.165) is 10.4 Å². The monoisotopic (exact) mass is 471 g/mol. The number of sulfonamides is 1. The summed E-state index contributed by atoms with van der Waals surface area (Å²) in [7, 11) is -4.26. The van der Waals surface area contributed by atoms with Crippen LogP contribution in [0.2, 0.25) is 0 Å². The summed E-state index contributed by atoms with van der Waals surface area (Å²) in [5.74, 6) is -2.76. The SMILES string of the molecule is N#CCC1CCCN1S(=O)(=O)c1cc2c(-c3ncc(F)cn3)c(C(F)(F)F)cc(F)c2[nH]1. The molecule has 1 atom stereocenters. The zero-order valence-corrected chi connectivity index (χ0v) is 16.9. The molecule has 1 fully saturated rings. The molecule has 4 rings (SSSR count). The Labute approximate surface area is 178 Å². The Morgan fingerprint density at radius 1 is 1.22 bits per heavy atom. The molecule has 3 heterocycles. The van der Waals surface area contributed by atoms with Crippen molar-refractivity contribution in [2.24, 2.45) is 0 Å². The van der Waals surface area contributed by atoms with Gasteiger partial charge in [0.15, 0.2) is 11.6 Å². The summed E-state index contributed by atoms with van der Waals surface area (Å²) in [4.78, 5) is 9.50. The highest BCUT2D eigenvalue weighted by molar-refractivity contribution is 7.89. The Kier molecular flexibility index (Phi) is 5.38. The van der Waals surface area contributed by atoms with Crippen LogP contribution < -0.4 is 0 Å². The average Bonchev–Trinajstić information content (AvgIpc) is 3.37. The molecule has 3 aromatic rings. The molecule has 1 unspecified atom stereocenters. The second-order valence-corrected chi connectivity index (χ2v) is 9.06. The molecule has 1 N–H and O–H groups in total.